The highest BCUT2D eigenvalue weighted by Gasteiger charge is 2.50. The molecule has 2 bridgehead atoms. The molecule has 1 aromatic heterocycles. The van der Waals surface area contributed by atoms with Crippen LogP contribution in [0, 0.1) is 0 Å². The first-order valence-electron chi connectivity index (χ1n) is 8.59. The van der Waals surface area contributed by atoms with Crippen LogP contribution in [-0.4, -0.2) is 21.5 Å². The van der Waals surface area contributed by atoms with Gasteiger partial charge in [-0.15, -0.1) is 0 Å². The Morgan fingerprint density at radius 3 is 2.85 bits per heavy atom. The SMILES string of the molecule is C[C@@]12CC[C@H](c3cnccc3C1)N2C(=O)Nc1ccc(C(F)(F)F)c(Cl)c1. The molecule has 2 aliphatic rings. The van der Waals surface area contributed by atoms with Gasteiger partial charge < -0.3 is 10.2 Å². The van der Waals surface area contributed by atoms with Crippen molar-refractivity contribution >= 4 is 23.3 Å². The van der Waals surface area contributed by atoms with E-state index in [1.807, 2.05) is 13.0 Å². The Labute approximate surface area is 159 Å². The third-order valence-corrected chi connectivity index (χ3v) is 5.78. The van der Waals surface area contributed by atoms with Gasteiger partial charge in [-0.2, -0.15) is 13.2 Å². The first kappa shape index (κ1) is 18.1. The predicted molar refractivity (Wildman–Crippen MR) is 95.6 cm³/mol. The third-order valence-electron chi connectivity index (χ3n) is 5.47. The number of aromatic nitrogens is 1. The lowest BCUT2D eigenvalue weighted by atomic mass is 9.87. The van der Waals surface area contributed by atoms with Gasteiger partial charge in [0.2, 0.25) is 0 Å². The summed E-state index contributed by atoms with van der Waals surface area (Å²) in [5, 5.41) is 2.26. The molecule has 2 aromatic rings. The summed E-state index contributed by atoms with van der Waals surface area (Å²) < 4.78 is 38.5. The Morgan fingerprint density at radius 1 is 1.37 bits per heavy atom. The zero-order valence-corrected chi connectivity index (χ0v) is 15.2. The molecule has 4 nitrogen and oxygen atoms in total. The van der Waals surface area contributed by atoms with Crippen LogP contribution in [-0.2, 0) is 12.6 Å². The van der Waals surface area contributed by atoms with Crippen molar-refractivity contribution in [1.29, 1.82) is 0 Å². The number of carbonyl (C=O) groups is 1. The van der Waals surface area contributed by atoms with Crippen molar-refractivity contribution in [2.45, 2.75) is 43.9 Å². The molecule has 4 rings (SSSR count). The fraction of sp³-hybridized carbons (Fsp3) is 0.368. The van der Waals surface area contributed by atoms with E-state index in [-0.39, 0.29) is 23.3 Å². The number of urea groups is 1. The van der Waals surface area contributed by atoms with Crippen molar-refractivity contribution < 1.29 is 18.0 Å². The molecule has 27 heavy (non-hydrogen) atoms. The van der Waals surface area contributed by atoms with Crippen LogP contribution >= 0.6 is 11.6 Å². The number of anilines is 1. The number of hydrogen-bond donors (Lipinski definition) is 1. The van der Waals surface area contributed by atoms with Crippen molar-refractivity contribution in [3.05, 3.63) is 58.4 Å². The number of rotatable bonds is 1. The van der Waals surface area contributed by atoms with E-state index < -0.39 is 16.8 Å². The summed E-state index contributed by atoms with van der Waals surface area (Å²) in [5.41, 5.74) is 1.20. The number of amides is 2. The number of hydrogen-bond acceptors (Lipinski definition) is 2. The van der Waals surface area contributed by atoms with Crippen molar-refractivity contribution in [2.75, 3.05) is 5.32 Å². The molecule has 0 unspecified atom stereocenters. The second-order valence-electron chi connectivity index (χ2n) is 7.30. The Kier molecular flexibility index (Phi) is 4.10. The highest BCUT2D eigenvalue weighted by atomic mass is 35.5. The van der Waals surface area contributed by atoms with Crippen LogP contribution < -0.4 is 5.32 Å². The summed E-state index contributed by atoms with van der Waals surface area (Å²) in [7, 11) is 0. The summed E-state index contributed by atoms with van der Waals surface area (Å²) >= 11 is 5.75. The molecule has 0 saturated carbocycles. The second kappa shape index (κ2) is 6.12. The number of nitrogens with one attached hydrogen (secondary N) is 1. The van der Waals surface area contributed by atoms with Crippen LogP contribution in [0.15, 0.2) is 36.7 Å². The molecule has 2 atom stereocenters. The molecule has 0 radical (unpaired) electrons. The number of carbonyl (C=O) groups excluding carboxylic acids is 1. The summed E-state index contributed by atoms with van der Waals surface area (Å²) in [4.78, 5) is 18.9. The molecular weight excluding hydrogens is 379 g/mol. The number of halogens is 4. The van der Waals surface area contributed by atoms with Crippen LogP contribution in [0.5, 0.6) is 0 Å². The van der Waals surface area contributed by atoms with E-state index in [4.69, 9.17) is 11.6 Å². The molecule has 142 valence electrons. The molecular formula is C19H17ClF3N3O. The van der Waals surface area contributed by atoms with Crippen molar-refractivity contribution in [3.63, 3.8) is 0 Å². The number of pyridine rings is 1. The number of alkyl halides is 3. The third kappa shape index (κ3) is 3.04. The molecule has 0 spiro atoms. The van der Waals surface area contributed by atoms with Crippen molar-refractivity contribution in [1.82, 2.24) is 9.88 Å². The molecule has 1 aromatic carbocycles. The minimum absolute atomic E-state index is 0.0858. The van der Waals surface area contributed by atoms with E-state index >= 15 is 0 Å². The first-order valence-corrected chi connectivity index (χ1v) is 8.97. The lowest BCUT2D eigenvalue weighted by Gasteiger charge is -2.43. The maximum atomic E-state index is 13.0. The largest absolute Gasteiger partial charge is 0.417 e. The van der Waals surface area contributed by atoms with Crippen molar-refractivity contribution in [3.8, 4) is 0 Å². The van der Waals surface area contributed by atoms with E-state index in [1.54, 1.807) is 17.3 Å². The molecule has 8 heteroatoms. The Morgan fingerprint density at radius 2 is 2.15 bits per heavy atom. The van der Waals surface area contributed by atoms with Gasteiger partial charge in [-0.1, -0.05) is 11.6 Å². The average molecular weight is 396 g/mol. The van der Waals surface area contributed by atoms with Gasteiger partial charge in [0, 0.05) is 23.6 Å². The molecule has 1 fully saturated rings. The predicted octanol–water partition coefficient (Wildman–Crippen LogP) is 5.44. The molecule has 1 N–H and O–H groups in total. The van der Waals surface area contributed by atoms with Gasteiger partial charge in [0.25, 0.3) is 0 Å². The molecule has 0 aliphatic carbocycles. The van der Waals surface area contributed by atoms with Crippen LogP contribution in [0.2, 0.25) is 5.02 Å². The quantitative estimate of drug-likeness (QED) is 0.699. The van der Waals surface area contributed by atoms with Gasteiger partial charge in [-0.05, 0) is 61.6 Å². The highest BCUT2D eigenvalue weighted by Crippen LogP contribution is 2.49. The fourth-order valence-electron chi connectivity index (χ4n) is 4.24. The molecule has 1 saturated heterocycles. The van der Waals surface area contributed by atoms with E-state index in [2.05, 4.69) is 10.3 Å². The smallest absolute Gasteiger partial charge is 0.312 e. The summed E-state index contributed by atoms with van der Waals surface area (Å²) in [6.07, 6.45) is 1.42. The highest BCUT2D eigenvalue weighted by molar-refractivity contribution is 6.31. The van der Waals surface area contributed by atoms with E-state index in [0.29, 0.717) is 0 Å². The van der Waals surface area contributed by atoms with Gasteiger partial charge >= 0.3 is 12.2 Å². The van der Waals surface area contributed by atoms with Gasteiger partial charge in [-0.3, -0.25) is 4.98 Å². The van der Waals surface area contributed by atoms with Gasteiger partial charge in [0.15, 0.2) is 0 Å². The average Bonchev–Trinajstić information content (AvgIpc) is 2.83. The zero-order valence-electron chi connectivity index (χ0n) is 14.5. The number of nitrogens with zero attached hydrogens (tertiary/aromatic N) is 2. The number of fused-ring (bicyclic) bond motifs is 4. The van der Waals surface area contributed by atoms with Gasteiger partial charge in [-0.25, -0.2) is 4.79 Å². The van der Waals surface area contributed by atoms with E-state index in [9.17, 15) is 18.0 Å². The molecule has 3 heterocycles. The normalized spacial score (nSPS) is 23.9. The fourth-order valence-corrected chi connectivity index (χ4v) is 4.53. The first-order chi connectivity index (χ1) is 12.7. The monoisotopic (exact) mass is 395 g/mol. The lowest BCUT2D eigenvalue weighted by Crippen LogP contribution is -2.52. The summed E-state index contributed by atoms with van der Waals surface area (Å²) in [6.45, 7) is 2.04. The maximum Gasteiger partial charge on any atom is 0.417 e. The molecule has 2 amide bonds. The second-order valence-corrected chi connectivity index (χ2v) is 7.70. The lowest BCUT2D eigenvalue weighted by molar-refractivity contribution is -0.137. The summed E-state index contributed by atoms with van der Waals surface area (Å²) in [5.74, 6) is 0. The van der Waals surface area contributed by atoms with Gasteiger partial charge in [0.1, 0.15) is 0 Å². The van der Waals surface area contributed by atoms with E-state index in [0.717, 1.165) is 37.0 Å². The summed E-state index contributed by atoms with van der Waals surface area (Å²) in [6, 6.07) is 4.78. The van der Waals surface area contributed by atoms with Gasteiger partial charge in [0.05, 0.1) is 16.6 Å². The Hall–Kier alpha value is -2.28. The minimum atomic E-state index is -4.53. The zero-order chi connectivity index (χ0) is 19.4. The van der Waals surface area contributed by atoms with Crippen molar-refractivity contribution in [2.24, 2.45) is 0 Å². The van der Waals surface area contributed by atoms with Crippen LogP contribution in [0.1, 0.15) is 42.5 Å². The Balaban J connectivity index is 1.60. The minimum Gasteiger partial charge on any atom is -0.312 e. The van der Waals surface area contributed by atoms with E-state index in [1.165, 1.54) is 11.6 Å². The Bertz CT molecular complexity index is 917. The van der Waals surface area contributed by atoms with Crippen LogP contribution in [0.25, 0.3) is 0 Å². The molecule has 2 aliphatic heterocycles. The maximum absolute atomic E-state index is 13.0. The standard InChI is InChI=1S/C19H17ClF3N3O/c1-18-6-4-16(13-10-24-7-5-11(13)9-18)26(18)17(27)25-12-2-3-14(15(20)8-12)19(21,22)23/h2-3,5,7-8,10,16H,4,6,9H2,1H3,(H,25,27)/t16-,18-/m1/s1. The topological polar surface area (TPSA) is 45.2 Å². The van der Waals surface area contributed by atoms with Crippen LogP contribution in [0.3, 0.4) is 0 Å². The number of benzene rings is 1. The van der Waals surface area contributed by atoms with Crippen LogP contribution in [0.4, 0.5) is 23.7 Å².